The molecule has 0 saturated carbocycles. The average Bonchev–Trinajstić information content (AvgIpc) is 3.36. The third kappa shape index (κ3) is 4.02. The van der Waals surface area contributed by atoms with E-state index < -0.39 is 6.10 Å². The maximum absolute atomic E-state index is 12.8. The molecular weight excluding hydrogens is 382 g/mol. The van der Waals surface area contributed by atoms with Crippen LogP contribution in [-0.4, -0.2) is 22.7 Å². The number of carbonyl (C=O) groups is 1. The molecular formula is C20H16ClN3O2S. The summed E-state index contributed by atoms with van der Waals surface area (Å²) < 4.78 is 0.683. The number of thiophene rings is 1. The van der Waals surface area contributed by atoms with E-state index in [0.717, 1.165) is 21.7 Å². The van der Waals surface area contributed by atoms with Crippen LogP contribution in [-0.2, 0) is 9.63 Å². The van der Waals surface area contributed by atoms with Crippen LogP contribution in [0, 0.1) is 0 Å². The van der Waals surface area contributed by atoms with Gasteiger partial charge in [0.15, 0.2) is 0 Å². The van der Waals surface area contributed by atoms with Gasteiger partial charge >= 0.3 is 0 Å². The fourth-order valence-corrected chi connectivity index (χ4v) is 3.96. The van der Waals surface area contributed by atoms with Crippen LogP contribution < -0.4 is 5.32 Å². The van der Waals surface area contributed by atoms with E-state index in [-0.39, 0.29) is 11.9 Å². The lowest BCUT2D eigenvalue weighted by Gasteiger charge is -2.21. The lowest BCUT2D eigenvalue weighted by molar-refractivity contribution is -0.131. The van der Waals surface area contributed by atoms with Gasteiger partial charge in [-0.15, -0.1) is 11.3 Å². The standard InChI is InChI=1S/C20H16ClN3O2S/c21-18-7-6-17(27-18)15-12-16(26-24-15)20(25)23-19(13-4-2-1-3-5-13)14-8-10-22-11-9-14/h1-11,16,19H,12H2,(H,23,25)/t16-,19-/m1/s1. The summed E-state index contributed by atoms with van der Waals surface area (Å²) in [5.41, 5.74) is 2.68. The van der Waals surface area contributed by atoms with E-state index in [4.69, 9.17) is 16.4 Å². The van der Waals surface area contributed by atoms with Gasteiger partial charge in [-0.05, 0) is 35.4 Å². The topological polar surface area (TPSA) is 63.6 Å². The van der Waals surface area contributed by atoms with E-state index in [0.29, 0.717) is 10.8 Å². The first-order chi connectivity index (χ1) is 13.2. The fourth-order valence-electron chi connectivity index (χ4n) is 2.93. The lowest BCUT2D eigenvalue weighted by Crippen LogP contribution is -2.37. The van der Waals surface area contributed by atoms with Crippen molar-refractivity contribution in [3.63, 3.8) is 0 Å². The summed E-state index contributed by atoms with van der Waals surface area (Å²) in [5.74, 6) is -0.206. The van der Waals surface area contributed by atoms with Gasteiger partial charge in [-0.25, -0.2) is 0 Å². The minimum atomic E-state index is -0.658. The van der Waals surface area contributed by atoms with E-state index in [9.17, 15) is 4.79 Å². The van der Waals surface area contributed by atoms with E-state index in [2.05, 4.69) is 15.5 Å². The molecule has 0 saturated heterocycles. The molecule has 1 aliphatic heterocycles. The first kappa shape index (κ1) is 17.7. The highest BCUT2D eigenvalue weighted by Crippen LogP contribution is 2.27. The number of halogens is 1. The summed E-state index contributed by atoms with van der Waals surface area (Å²) in [7, 11) is 0. The summed E-state index contributed by atoms with van der Waals surface area (Å²) in [6.07, 6.45) is 3.19. The molecule has 0 fully saturated rings. The number of carbonyl (C=O) groups excluding carboxylic acids is 1. The molecule has 7 heteroatoms. The van der Waals surface area contributed by atoms with Crippen molar-refractivity contribution in [2.45, 2.75) is 18.6 Å². The van der Waals surface area contributed by atoms with Crippen molar-refractivity contribution in [2.24, 2.45) is 5.16 Å². The highest BCUT2D eigenvalue weighted by atomic mass is 35.5. The van der Waals surface area contributed by atoms with Crippen LogP contribution >= 0.6 is 22.9 Å². The molecule has 3 heterocycles. The van der Waals surface area contributed by atoms with Crippen LogP contribution in [0.2, 0.25) is 4.34 Å². The molecule has 3 aromatic rings. The zero-order valence-electron chi connectivity index (χ0n) is 14.2. The smallest absolute Gasteiger partial charge is 0.265 e. The Morgan fingerprint density at radius 3 is 2.56 bits per heavy atom. The second-order valence-corrected chi connectivity index (χ2v) is 7.79. The molecule has 2 atom stereocenters. The maximum atomic E-state index is 12.8. The summed E-state index contributed by atoms with van der Waals surface area (Å²) in [6.45, 7) is 0. The third-order valence-corrected chi connectivity index (χ3v) is 5.56. The van der Waals surface area contributed by atoms with Gasteiger partial charge in [-0.1, -0.05) is 47.1 Å². The number of oxime groups is 1. The molecule has 1 amide bonds. The van der Waals surface area contributed by atoms with Crippen LogP contribution in [0.1, 0.15) is 28.5 Å². The number of hydrogen-bond acceptors (Lipinski definition) is 5. The number of hydrogen-bond donors (Lipinski definition) is 1. The van der Waals surface area contributed by atoms with E-state index in [1.807, 2.05) is 54.6 Å². The Hall–Kier alpha value is -2.70. The Morgan fingerprint density at radius 2 is 1.85 bits per heavy atom. The predicted molar refractivity (Wildman–Crippen MR) is 106 cm³/mol. The quantitative estimate of drug-likeness (QED) is 0.701. The van der Waals surface area contributed by atoms with E-state index in [1.54, 1.807) is 12.4 Å². The first-order valence-corrected chi connectivity index (χ1v) is 9.64. The number of pyridine rings is 1. The maximum Gasteiger partial charge on any atom is 0.265 e. The van der Waals surface area contributed by atoms with Crippen molar-refractivity contribution in [1.82, 2.24) is 10.3 Å². The Labute approximate surface area is 165 Å². The number of rotatable bonds is 5. The highest BCUT2D eigenvalue weighted by molar-refractivity contribution is 7.18. The van der Waals surface area contributed by atoms with Crippen molar-refractivity contribution in [3.05, 3.63) is 87.3 Å². The normalized spacial score (nSPS) is 17.1. The molecule has 1 aromatic carbocycles. The van der Waals surface area contributed by atoms with Gasteiger partial charge in [0.25, 0.3) is 5.91 Å². The number of aromatic nitrogens is 1. The third-order valence-electron chi connectivity index (χ3n) is 4.28. The zero-order chi connectivity index (χ0) is 18.6. The van der Waals surface area contributed by atoms with Gasteiger partial charge in [0.05, 0.1) is 15.3 Å². The van der Waals surface area contributed by atoms with Crippen molar-refractivity contribution < 1.29 is 9.63 Å². The molecule has 27 heavy (non-hydrogen) atoms. The number of benzene rings is 1. The minimum Gasteiger partial charge on any atom is -0.382 e. The van der Waals surface area contributed by atoms with Gasteiger partial charge in [0, 0.05) is 18.8 Å². The Bertz CT molecular complexity index is 920. The molecule has 136 valence electrons. The minimum absolute atomic E-state index is 0.206. The number of nitrogens with zero attached hydrogens (tertiary/aromatic N) is 2. The molecule has 4 rings (SSSR count). The Morgan fingerprint density at radius 1 is 1.11 bits per heavy atom. The second-order valence-electron chi connectivity index (χ2n) is 6.07. The summed E-state index contributed by atoms with van der Waals surface area (Å²) in [5, 5.41) is 7.15. The number of nitrogens with one attached hydrogen (secondary N) is 1. The van der Waals surface area contributed by atoms with Gasteiger partial charge in [-0.2, -0.15) is 0 Å². The molecule has 0 unspecified atom stereocenters. The summed E-state index contributed by atoms with van der Waals surface area (Å²) in [6, 6.07) is 17.0. The average molecular weight is 398 g/mol. The molecule has 5 nitrogen and oxygen atoms in total. The van der Waals surface area contributed by atoms with E-state index >= 15 is 0 Å². The van der Waals surface area contributed by atoms with Crippen LogP contribution in [0.25, 0.3) is 0 Å². The van der Waals surface area contributed by atoms with Crippen molar-refractivity contribution in [3.8, 4) is 0 Å². The van der Waals surface area contributed by atoms with Gasteiger partial charge < -0.3 is 10.2 Å². The summed E-state index contributed by atoms with van der Waals surface area (Å²) >= 11 is 7.40. The second kappa shape index (κ2) is 7.90. The Balaban J connectivity index is 1.50. The largest absolute Gasteiger partial charge is 0.382 e. The molecule has 0 bridgehead atoms. The van der Waals surface area contributed by atoms with E-state index in [1.165, 1.54) is 11.3 Å². The first-order valence-electron chi connectivity index (χ1n) is 8.44. The van der Waals surface area contributed by atoms with Crippen LogP contribution in [0.3, 0.4) is 0 Å². The Kier molecular flexibility index (Phi) is 5.18. The fraction of sp³-hybridized carbons (Fsp3) is 0.150. The van der Waals surface area contributed by atoms with Gasteiger partial charge in [0.1, 0.15) is 5.71 Å². The van der Waals surface area contributed by atoms with Gasteiger partial charge in [-0.3, -0.25) is 9.78 Å². The monoisotopic (exact) mass is 397 g/mol. The van der Waals surface area contributed by atoms with Crippen LogP contribution in [0.4, 0.5) is 0 Å². The molecule has 0 radical (unpaired) electrons. The SMILES string of the molecule is O=C(N[C@H](c1ccccc1)c1ccncc1)[C@H]1CC(c2ccc(Cl)s2)=NO1. The zero-order valence-corrected chi connectivity index (χ0v) is 15.8. The molecule has 0 spiro atoms. The van der Waals surface area contributed by atoms with Crippen molar-refractivity contribution in [2.75, 3.05) is 0 Å². The molecule has 2 aromatic heterocycles. The van der Waals surface area contributed by atoms with Crippen molar-refractivity contribution >= 4 is 34.6 Å². The highest BCUT2D eigenvalue weighted by Gasteiger charge is 2.31. The van der Waals surface area contributed by atoms with Crippen LogP contribution in [0.5, 0.6) is 0 Å². The predicted octanol–water partition coefficient (Wildman–Crippen LogP) is 4.20. The molecule has 1 aliphatic rings. The number of amides is 1. The summed E-state index contributed by atoms with van der Waals surface area (Å²) in [4.78, 5) is 23.2. The lowest BCUT2D eigenvalue weighted by atomic mass is 9.99. The molecule has 1 N–H and O–H groups in total. The van der Waals surface area contributed by atoms with Crippen molar-refractivity contribution in [1.29, 1.82) is 0 Å². The molecule has 0 aliphatic carbocycles. The van der Waals surface area contributed by atoms with Crippen LogP contribution in [0.15, 0.2) is 72.1 Å². The van der Waals surface area contributed by atoms with Gasteiger partial charge in [0.2, 0.25) is 6.10 Å².